The number of anilines is 1. The quantitative estimate of drug-likeness (QED) is 0.797. The molecule has 1 aliphatic rings. The number of rotatable bonds is 3. The van der Waals surface area contributed by atoms with Crippen LogP contribution in [0.5, 0.6) is 0 Å². The van der Waals surface area contributed by atoms with E-state index in [1.165, 1.54) is 0 Å². The van der Waals surface area contributed by atoms with Gasteiger partial charge in [-0.3, -0.25) is 9.59 Å². The highest BCUT2D eigenvalue weighted by Crippen LogP contribution is 2.34. The van der Waals surface area contributed by atoms with Gasteiger partial charge in [-0.05, 0) is 25.0 Å². The molecule has 1 aromatic heterocycles. The summed E-state index contributed by atoms with van der Waals surface area (Å²) in [5.74, 6) is -0.829. The zero-order valence-corrected chi connectivity index (χ0v) is 11.5. The highest BCUT2D eigenvalue weighted by Gasteiger charge is 2.37. The van der Waals surface area contributed by atoms with E-state index in [2.05, 4.69) is 4.98 Å². The van der Waals surface area contributed by atoms with Crippen LogP contribution in [0.15, 0.2) is 30.9 Å². The summed E-state index contributed by atoms with van der Waals surface area (Å²) in [4.78, 5) is 29.9. The maximum absolute atomic E-state index is 12.2. The van der Waals surface area contributed by atoms with Gasteiger partial charge >= 0.3 is 0 Å². The Balaban J connectivity index is 1.96. The minimum atomic E-state index is -0.433. The topological polar surface area (TPSA) is 55.2 Å². The summed E-state index contributed by atoms with van der Waals surface area (Å²) in [5, 5.41) is 0. The van der Waals surface area contributed by atoms with Gasteiger partial charge in [-0.15, -0.1) is 0 Å². The standard InChI is InChI=1S/C15H15N3O2/c1-10-3-4-11(2)13-12(10)14(19)15(20)18(13)8-7-17-6-5-16-9-17/h3-6,9H,7-8H2,1-2H3. The van der Waals surface area contributed by atoms with Crippen LogP contribution in [-0.4, -0.2) is 27.8 Å². The van der Waals surface area contributed by atoms with Crippen LogP contribution < -0.4 is 4.90 Å². The van der Waals surface area contributed by atoms with Crippen LogP contribution >= 0.6 is 0 Å². The third kappa shape index (κ3) is 1.82. The summed E-state index contributed by atoms with van der Waals surface area (Å²) in [5.41, 5.74) is 3.13. The molecule has 0 N–H and O–H groups in total. The third-order valence-electron chi connectivity index (χ3n) is 3.67. The van der Waals surface area contributed by atoms with Crippen molar-refractivity contribution in [2.45, 2.75) is 20.4 Å². The van der Waals surface area contributed by atoms with Crippen molar-refractivity contribution in [2.75, 3.05) is 11.4 Å². The molecule has 0 fully saturated rings. The van der Waals surface area contributed by atoms with Crippen molar-refractivity contribution in [2.24, 2.45) is 0 Å². The highest BCUT2D eigenvalue weighted by molar-refractivity contribution is 6.52. The summed E-state index contributed by atoms with van der Waals surface area (Å²) < 4.78 is 1.89. The fourth-order valence-electron chi connectivity index (χ4n) is 2.61. The fourth-order valence-corrected chi connectivity index (χ4v) is 2.61. The normalized spacial score (nSPS) is 14.0. The number of aryl methyl sites for hydroxylation is 2. The van der Waals surface area contributed by atoms with Crippen molar-refractivity contribution in [3.8, 4) is 0 Å². The average molecular weight is 269 g/mol. The lowest BCUT2D eigenvalue weighted by Gasteiger charge is -2.19. The van der Waals surface area contributed by atoms with E-state index in [4.69, 9.17) is 0 Å². The van der Waals surface area contributed by atoms with Crippen molar-refractivity contribution in [1.82, 2.24) is 9.55 Å². The number of nitrogens with zero attached hydrogens (tertiary/aromatic N) is 3. The van der Waals surface area contributed by atoms with Crippen molar-refractivity contribution in [1.29, 1.82) is 0 Å². The summed E-state index contributed by atoms with van der Waals surface area (Å²) in [6.45, 7) is 4.88. The molecular formula is C15H15N3O2. The van der Waals surface area contributed by atoms with Gasteiger partial charge in [0.1, 0.15) is 0 Å². The smallest absolute Gasteiger partial charge is 0.299 e. The fraction of sp³-hybridized carbons (Fsp3) is 0.267. The van der Waals surface area contributed by atoms with Crippen molar-refractivity contribution in [3.63, 3.8) is 0 Å². The molecule has 0 atom stereocenters. The first kappa shape index (κ1) is 12.6. The second-order valence-corrected chi connectivity index (χ2v) is 5.01. The number of amides is 1. The lowest BCUT2D eigenvalue weighted by atomic mass is 10.0. The van der Waals surface area contributed by atoms with Gasteiger partial charge in [-0.2, -0.15) is 0 Å². The van der Waals surface area contributed by atoms with Crippen LogP contribution in [0.25, 0.3) is 0 Å². The van der Waals surface area contributed by atoms with Gasteiger partial charge in [-0.1, -0.05) is 12.1 Å². The number of benzene rings is 1. The van der Waals surface area contributed by atoms with Crippen LogP contribution in [-0.2, 0) is 11.3 Å². The van der Waals surface area contributed by atoms with Crippen LogP contribution in [0.1, 0.15) is 21.5 Å². The molecule has 1 amide bonds. The van der Waals surface area contributed by atoms with Crippen LogP contribution in [0.3, 0.4) is 0 Å². The Morgan fingerprint density at radius 1 is 1.10 bits per heavy atom. The molecule has 102 valence electrons. The predicted molar refractivity (Wildman–Crippen MR) is 74.8 cm³/mol. The summed E-state index contributed by atoms with van der Waals surface area (Å²) in [6, 6.07) is 3.84. The first-order valence-corrected chi connectivity index (χ1v) is 6.51. The number of Topliss-reactive ketones (excluding diaryl/α,β-unsaturated/α-hetero) is 1. The minimum absolute atomic E-state index is 0.396. The van der Waals surface area contributed by atoms with E-state index in [1.54, 1.807) is 17.4 Å². The Labute approximate surface area is 116 Å². The number of imidazole rings is 1. The molecule has 0 unspecified atom stereocenters. The maximum atomic E-state index is 12.2. The largest absolute Gasteiger partial charge is 0.336 e. The van der Waals surface area contributed by atoms with E-state index < -0.39 is 11.7 Å². The van der Waals surface area contributed by atoms with Gasteiger partial charge in [0, 0.05) is 25.5 Å². The van der Waals surface area contributed by atoms with E-state index in [-0.39, 0.29) is 0 Å². The third-order valence-corrected chi connectivity index (χ3v) is 3.67. The molecule has 1 aliphatic heterocycles. The van der Waals surface area contributed by atoms with E-state index in [1.807, 2.05) is 36.7 Å². The molecule has 5 heteroatoms. The summed E-state index contributed by atoms with van der Waals surface area (Å²) >= 11 is 0. The summed E-state index contributed by atoms with van der Waals surface area (Å²) in [7, 11) is 0. The molecular weight excluding hydrogens is 254 g/mol. The van der Waals surface area contributed by atoms with Crippen molar-refractivity contribution in [3.05, 3.63) is 47.5 Å². The van der Waals surface area contributed by atoms with Crippen molar-refractivity contribution >= 4 is 17.4 Å². The zero-order valence-electron chi connectivity index (χ0n) is 11.5. The van der Waals surface area contributed by atoms with Crippen molar-refractivity contribution < 1.29 is 9.59 Å². The Hall–Kier alpha value is -2.43. The number of hydrogen-bond donors (Lipinski definition) is 0. The van der Waals surface area contributed by atoms with Gasteiger partial charge < -0.3 is 9.47 Å². The lowest BCUT2D eigenvalue weighted by Crippen LogP contribution is -2.32. The second kappa shape index (κ2) is 4.59. The minimum Gasteiger partial charge on any atom is -0.336 e. The highest BCUT2D eigenvalue weighted by atomic mass is 16.2. The average Bonchev–Trinajstić information content (AvgIpc) is 3.02. The molecule has 0 aliphatic carbocycles. The zero-order chi connectivity index (χ0) is 14.3. The number of carbonyl (C=O) groups is 2. The molecule has 0 radical (unpaired) electrons. The molecule has 2 heterocycles. The second-order valence-electron chi connectivity index (χ2n) is 5.01. The van der Waals surface area contributed by atoms with Gasteiger partial charge in [0.05, 0.1) is 17.6 Å². The Kier molecular flexibility index (Phi) is 2.89. The Morgan fingerprint density at radius 2 is 1.85 bits per heavy atom. The SMILES string of the molecule is Cc1ccc(C)c2c1C(=O)C(=O)N2CCn1ccnc1. The Bertz CT molecular complexity index is 689. The lowest BCUT2D eigenvalue weighted by molar-refractivity contribution is -0.114. The van der Waals surface area contributed by atoms with Gasteiger partial charge in [-0.25, -0.2) is 4.98 Å². The number of carbonyl (C=O) groups excluding carboxylic acids is 2. The molecule has 1 aromatic carbocycles. The monoisotopic (exact) mass is 269 g/mol. The number of hydrogen-bond acceptors (Lipinski definition) is 3. The first-order chi connectivity index (χ1) is 9.59. The molecule has 0 spiro atoms. The first-order valence-electron chi connectivity index (χ1n) is 6.51. The maximum Gasteiger partial charge on any atom is 0.299 e. The molecule has 0 saturated carbocycles. The molecule has 0 bridgehead atoms. The molecule has 3 rings (SSSR count). The Morgan fingerprint density at radius 3 is 2.55 bits per heavy atom. The number of fused-ring (bicyclic) bond motifs is 1. The van der Waals surface area contributed by atoms with Crippen LogP contribution in [0.2, 0.25) is 0 Å². The molecule has 20 heavy (non-hydrogen) atoms. The number of ketones is 1. The van der Waals surface area contributed by atoms with Gasteiger partial charge in [0.15, 0.2) is 0 Å². The van der Waals surface area contributed by atoms with E-state index in [0.29, 0.717) is 18.7 Å². The van der Waals surface area contributed by atoms with Crippen LogP contribution in [0.4, 0.5) is 5.69 Å². The summed E-state index contributed by atoms with van der Waals surface area (Å²) in [6.07, 6.45) is 5.24. The molecule has 0 saturated heterocycles. The number of aromatic nitrogens is 2. The molecule has 2 aromatic rings. The van der Waals surface area contributed by atoms with E-state index in [0.717, 1.165) is 16.8 Å². The van der Waals surface area contributed by atoms with E-state index in [9.17, 15) is 9.59 Å². The van der Waals surface area contributed by atoms with E-state index >= 15 is 0 Å². The predicted octanol–water partition coefficient (Wildman–Crippen LogP) is 1.73. The van der Waals surface area contributed by atoms with Crippen LogP contribution in [0, 0.1) is 13.8 Å². The van der Waals surface area contributed by atoms with Gasteiger partial charge in [0.2, 0.25) is 0 Å². The molecule has 5 nitrogen and oxygen atoms in total. The van der Waals surface area contributed by atoms with Gasteiger partial charge in [0.25, 0.3) is 11.7 Å².